The molecule has 3 aromatic rings. The highest BCUT2D eigenvalue weighted by Gasteiger charge is 2.38. The third-order valence-electron chi connectivity index (χ3n) is 7.47. The standard InChI is InChI=1S/C26H29Cl2N5O2/c1-14-11-17(6-9-22(14)32-10-4-5-23(32)26(34)35)21-13-29-24-15(2)31-33(25(24)30-21)16(3)19-8-7-18(27)12-20(19)28/h7-8,11-14,16,22-23H,4-6,9-10H2,1-3H3,(H,34,35)/t14?,16-,22?,23+/m1/s1. The monoisotopic (exact) mass is 513 g/mol. The first-order valence-corrected chi connectivity index (χ1v) is 12.9. The Morgan fingerprint density at radius 3 is 2.77 bits per heavy atom. The van der Waals surface area contributed by atoms with Gasteiger partial charge in [-0.15, -0.1) is 0 Å². The number of halogens is 2. The molecule has 3 heterocycles. The first-order chi connectivity index (χ1) is 16.7. The van der Waals surface area contributed by atoms with Crippen LogP contribution in [0.2, 0.25) is 10.0 Å². The van der Waals surface area contributed by atoms with Gasteiger partial charge in [0.05, 0.1) is 23.6 Å². The van der Waals surface area contributed by atoms with E-state index in [0.29, 0.717) is 10.0 Å². The van der Waals surface area contributed by atoms with Crippen LogP contribution in [-0.4, -0.2) is 54.4 Å². The minimum Gasteiger partial charge on any atom is -0.480 e. The molecule has 0 saturated carbocycles. The van der Waals surface area contributed by atoms with E-state index < -0.39 is 5.97 Å². The fraction of sp³-hybridized carbons (Fsp3) is 0.462. The predicted molar refractivity (Wildman–Crippen MR) is 138 cm³/mol. The lowest BCUT2D eigenvalue weighted by atomic mass is 9.84. The highest BCUT2D eigenvalue weighted by molar-refractivity contribution is 6.35. The third-order valence-corrected chi connectivity index (χ3v) is 8.03. The van der Waals surface area contributed by atoms with Crippen LogP contribution in [0.3, 0.4) is 0 Å². The van der Waals surface area contributed by atoms with Gasteiger partial charge in [-0.3, -0.25) is 9.69 Å². The lowest BCUT2D eigenvalue weighted by molar-refractivity contribution is -0.143. The van der Waals surface area contributed by atoms with Gasteiger partial charge in [-0.25, -0.2) is 14.6 Å². The van der Waals surface area contributed by atoms with E-state index in [2.05, 4.69) is 17.9 Å². The van der Waals surface area contributed by atoms with Crippen LogP contribution in [0.25, 0.3) is 16.7 Å². The van der Waals surface area contributed by atoms with Crippen molar-refractivity contribution in [3.63, 3.8) is 0 Å². The predicted octanol–water partition coefficient (Wildman–Crippen LogP) is 5.78. The van der Waals surface area contributed by atoms with Crippen LogP contribution in [0.4, 0.5) is 0 Å². The molecule has 1 saturated heterocycles. The minimum absolute atomic E-state index is 0.146. The molecule has 1 N–H and O–H groups in total. The number of hydrogen-bond acceptors (Lipinski definition) is 5. The van der Waals surface area contributed by atoms with Crippen molar-refractivity contribution in [2.24, 2.45) is 5.92 Å². The summed E-state index contributed by atoms with van der Waals surface area (Å²) in [6.07, 6.45) is 7.49. The van der Waals surface area contributed by atoms with Gasteiger partial charge < -0.3 is 5.11 Å². The molecule has 184 valence electrons. The number of likely N-dealkylation sites (tertiary alicyclic amines) is 1. The summed E-state index contributed by atoms with van der Waals surface area (Å²) in [7, 11) is 0. The van der Waals surface area contributed by atoms with E-state index in [1.54, 1.807) is 6.07 Å². The quantitative estimate of drug-likeness (QED) is 0.465. The number of carbonyl (C=O) groups is 1. The number of benzene rings is 1. The number of fused-ring (bicyclic) bond motifs is 1. The zero-order valence-corrected chi connectivity index (χ0v) is 21.6. The molecule has 0 bridgehead atoms. The summed E-state index contributed by atoms with van der Waals surface area (Å²) in [4.78, 5) is 23.6. The zero-order chi connectivity index (χ0) is 24.9. The number of aliphatic carboxylic acids is 1. The molecule has 0 spiro atoms. The van der Waals surface area contributed by atoms with Crippen molar-refractivity contribution < 1.29 is 9.90 Å². The lowest BCUT2D eigenvalue weighted by Crippen LogP contribution is -2.46. The molecule has 5 rings (SSSR count). The van der Waals surface area contributed by atoms with Crippen LogP contribution in [0.1, 0.15) is 62.5 Å². The number of hydrogen-bond donors (Lipinski definition) is 1. The highest BCUT2D eigenvalue weighted by Crippen LogP contribution is 2.36. The van der Waals surface area contributed by atoms with Gasteiger partial charge in [0.25, 0.3) is 0 Å². The van der Waals surface area contributed by atoms with Gasteiger partial charge in [-0.1, -0.05) is 42.3 Å². The number of carboxylic acid groups (broad SMARTS) is 1. The van der Waals surface area contributed by atoms with Crippen molar-refractivity contribution in [2.45, 2.75) is 64.6 Å². The molecule has 1 fully saturated rings. The summed E-state index contributed by atoms with van der Waals surface area (Å²) in [5, 5.41) is 15.5. The Balaban J connectivity index is 1.46. The second kappa shape index (κ2) is 9.52. The zero-order valence-electron chi connectivity index (χ0n) is 20.1. The van der Waals surface area contributed by atoms with Crippen molar-refractivity contribution in [2.75, 3.05) is 6.54 Å². The Morgan fingerprint density at radius 2 is 2.06 bits per heavy atom. The number of aryl methyl sites for hydroxylation is 1. The molecular formula is C26H29Cl2N5O2. The van der Waals surface area contributed by atoms with Gasteiger partial charge in [-0.05, 0) is 75.3 Å². The lowest BCUT2D eigenvalue weighted by Gasteiger charge is -2.37. The number of nitrogens with zero attached hydrogens (tertiary/aromatic N) is 5. The molecule has 9 heteroatoms. The Bertz CT molecular complexity index is 1320. The largest absolute Gasteiger partial charge is 0.480 e. The summed E-state index contributed by atoms with van der Waals surface area (Å²) in [6.45, 7) is 7.00. The van der Waals surface area contributed by atoms with Crippen molar-refractivity contribution >= 4 is 45.9 Å². The molecule has 0 amide bonds. The third kappa shape index (κ3) is 4.46. The maximum atomic E-state index is 11.7. The van der Waals surface area contributed by atoms with Gasteiger partial charge in [0, 0.05) is 16.1 Å². The van der Waals surface area contributed by atoms with Gasteiger partial charge in [0.1, 0.15) is 11.6 Å². The van der Waals surface area contributed by atoms with Gasteiger partial charge >= 0.3 is 5.97 Å². The van der Waals surface area contributed by atoms with Crippen molar-refractivity contribution in [3.8, 4) is 0 Å². The number of aromatic nitrogens is 4. The second-order valence-electron chi connectivity index (χ2n) is 9.69. The van der Waals surface area contributed by atoms with E-state index in [-0.39, 0.29) is 24.0 Å². The van der Waals surface area contributed by atoms with E-state index in [1.807, 2.05) is 36.9 Å². The Hall–Kier alpha value is -2.48. The van der Waals surface area contributed by atoms with E-state index in [0.717, 1.165) is 65.9 Å². The minimum atomic E-state index is -0.709. The van der Waals surface area contributed by atoms with Crippen molar-refractivity contribution in [1.82, 2.24) is 24.6 Å². The molecule has 2 aliphatic rings. The maximum absolute atomic E-state index is 11.7. The molecule has 1 aliphatic heterocycles. The first-order valence-electron chi connectivity index (χ1n) is 12.1. The van der Waals surface area contributed by atoms with Crippen LogP contribution >= 0.6 is 23.2 Å². The summed E-state index contributed by atoms with van der Waals surface area (Å²) in [5.41, 5.74) is 5.22. The molecule has 7 nitrogen and oxygen atoms in total. The summed E-state index contributed by atoms with van der Waals surface area (Å²) >= 11 is 12.6. The van der Waals surface area contributed by atoms with E-state index >= 15 is 0 Å². The van der Waals surface area contributed by atoms with Gasteiger partial charge in [-0.2, -0.15) is 5.10 Å². The van der Waals surface area contributed by atoms with Gasteiger partial charge in [0.2, 0.25) is 0 Å². The van der Waals surface area contributed by atoms with E-state index in [4.69, 9.17) is 38.3 Å². The first kappa shape index (κ1) is 24.2. The van der Waals surface area contributed by atoms with Crippen LogP contribution in [0.5, 0.6) is 0 Å². The van der Waals surface area contributed by atoms with Gasteiger partial charge in [0.15, 0.2) is 5.65 Å². The van der Waals surface area contributed by atoms with Crippen molar-refractivity contribution in [1.29, 1.82) is 0 Å². The molecule has 2 unspecified atom stereocenters. The number of rotatable bonds is 5. The fourth-order valence-electron chi connectivity index (χ4n) is 5.66. The molecular weight excluding hydrogens is 485 g/mol. The highest BCUT2D eigenvalue weighted by atomic mass is 35.5. The Labute approximate surface area is 214 Å². The van der Waals surface area contributed by atoms with Crippen molar-refractivity contribution in [3.05, 3.63) is 57.5 Å². The van der Waals surface area contributed by atoms with E-state index in [9.17, 15) is 9.90 Å². The summed E-state index contributed by atoms with van der Waals surface area (Å²) in [6, 6.07) is 5.21. The Kier molecular flexibility index (Phi) is 6.59. The van der Waals surface area contributed by atoms with Crippen LogP contribution in [0.15, 0.2) is 30.5 Å². The van der Waals surface area contributed by atoms with Crippen LogP contribution in [0, 0.1) is 12.8 Å². The molecule has 1 aliphatic carbocycles. The number of carboxylic acids is 1. The topological polar surface area (TPSA) is 84.1 Å². The number of allylic oxidation sites excluding steroid dienone is 1. The molecule has 4 atom stereocenters. The molecule has 2 aromatic heterocycles. The summed E-state index contributed by atoms with van der Waals surface area (Å²) in [5.74, 6) is -0.478. The van der Waals surface area contributed by atoms with E-state index in [1.165, 1.54) is 0 Å². The molecule has 0 radical (unpaired) electrons. The second-order valence-corrected chi connectivity index (χ2v) is 10.5. The SMILES string of the molecule is Cc1nn([C@H](C)c2ccc(Cl)cc2Cl)c2nc(C3=CC(C)C(N4CCC[C@H]4C(=O)O)CC3)cnc12. The maximum Gasteiger partial charge on any atom is 0.320 e. The average molecular weight is 514 g/mol. The molecule has 35 heavy (non-hydrogen) atoms. The molecule has 1 aromatic carbocycles. The van der Waals surface area contributed by atoms with Crippen LogP contribution < -0.4 is 0 Å². The average Bonchev–Trinajstić information content (AvgIpc) is 3.43. The smallest absolute Gasteiger partial charge is 0.320 e. The summed E-state index contributed by atoms with van der Waals surface area (Å²) < 4.78 is 1.88. The Morgan fingerprint density at radius 1 is 1.26 bits per heavy atom. The normalized spacial score (nSPS) is 24.0. The fourth-order valence-corrected chi connectivity index (χ4v) is 6.22. The van der Waals surface area contributed by atoms with Crippen LogP contribution in [-0.2, 0) is 4.79 Å².